The maximum atomic E-state index is 11.5. The van der Waals surface area contributed by atoms with Crippen molar-refractivity contribution in [2.45, 2.75) is 25.6 Å². The molecular weight excluding hydrogens is 208 g/mol. The van der Waals surface area contributed by atoms with E-state index in [4.69, 9.17) is 0 Å². The first-order valence-corrected chi connectivity index (χ1v) is 4.95. The van der Waals surface area contributed by atoms with Crippen molar-refractivity contribution in [3.05, 3.63) is 35.9 Å². The normalized spacial score (nSPS) is 14.2. The van der Waals surface area contributed by atoms with Gasteiger partial charge in [-0.3, -0.25) is 9.59 Å². The van der Waals surface area contributed by atoms with E-state index in [0.717, 1.165) is 12.5 Å². The molecule has 0 heterocycles. The summed E-state index contributed by atoms with van der Waals surface area (Å²) in [5.41, 5.74) is 0.738. The minimum absolute atomic E-state index is 0.00630. The molecule has 0 saturated heterocycles. The van der Waals surface area contributed by atoms with Gasteiger partial charge in [-0.05, 0) is 12.5 Å². The molecule has 0 radical (unpaired) electrons. The number of aliphatic hydroxyl groups is 2. The minimum Gasteiger partial charge on any atom is -0.382 e. The number of aliphatic hydroxyl groups excluding tert-OH is 2. The number of Topliss-reactive ketones (excluding diaryl/α,β-unsaturated/α-hetero) is 2. The largest absolute Gasteiger partial charge is 0.382 e. The Labute approximate surface area is 93.5 Å². The van der Waals surface area contributed by atoms with Crippen LogP contribution >= 0.6 is 0 Å². The van der Waals surface area contributed by atoms with Crippen molar-refractivity contribution in [2.75, 3.05) is 0 Å². The summed E-state index contributed by atoms with van der Waals surface area (Å²) in [5, 5.41) is 18.6. The van der Waals surface area contributed by atoms with Crippen LogP contribution in [0.1, 0.15) is 12.5 Å². The Morgan fingerprint density at radius 2 is 1.69 bits per heavy atom. The second kappa shape index (κ2) is 5.53. The molecule has 2 unspecified atom stereocenters. The molecule has 0 fully saturated rings. The van der Waals surface area contributed by atoms with Gasteiger partial charge in [0.05, 0.1) is 0 Å². The first-order valence-electron chi connectivity index (χ1n) is 4.95. The van der Waals surface area contributed by atoms with Crippen molar-refractivity contribution >= 4 is 11.6 Å². The maximum Gasteiger partial charge on any atom is 0.168 e. The van der Waals surface area contributed by atoms with Crippen LogP contribution < -0.4 is 0 Å². The van der Waals surface area contributed by atoms with Gasteiger partial charge >= 0.3 is 0 Å². The molecule has 0 amide bonds. The minimum atomic E-state index is -1.64. The van der Waals surface area contributed by atoms with Crippen LogP contribution in [-0.2, 0) is 16.0 Å². The number of carbonyl (C=O) groups is 2. The SMILES string of the molecule is CC(=O)C(O)C(O)C(=O)Cc1ccccc1. The van der Waals surface area contributed by atoms with E-state index in [1.54, 1.807) is 24.3 Å². The van der Waals surface area contributed by atoms with E-state index in [1.807, 2.05) is 6.07 Å². The van der Waals surface area contributed by atoms with Crippen LogP contribution in [0.4, 0.5) is 0 Å². The Bertz CT molecular complexity index is 372. The second-order valence-corrected chi connectivity index (χ2v) is 3.63. The Morgan fingerprint density at radius 3 is 2.19 bits per heavy atom. The Kier molecular flexibility index (Phi) is 4.34. The van der Waals surface area contributed by atoms with Gasteiger partial charge in [0, 0.05) is 6.42 Å². The van der Waals surface area contributed by atoms with Gasteiger partial charge in [-0.15, -0.1) is 0 Å². The average molecular weight is 222 g/mol. The topological polar surface area (TPSA) is 74.6 Å². The molecule has 1 aromatic rings. The van der Waals surface area contributed by atoms with Gasteiger partial charge in [0.15, 0.2) is 11.6 Å². The van der Waals surface area contributed by atoms with Crippen LogP contribution in [0.5, 0.6) is 0 Å². The van der Waals surface area contributed by atoms with E-state index < -0.39 is 23.8 Å². The molecule has 1 rings (SSSR count). The van der Waals surface area contributed by atoms with Gasteiger partial charge in [-0.1, -0.05) is 30.3 Å². The van der Waals surface area contributed by atoms with Crippen LogP contribution in [0.3, 0.4) is 0 Å². The predicted octanol–water partition coefficient (Wildman–Crippen LogP) is 0.109. The van der Waals surface area contributed by atoms with Crippen LogP contribution in [0, 0.1) is 0 Å². The van der Waals surface area contributed by atoms with Crippen molar-refractivity contribution < 1.29 is 19.8 Å². The molecule has 0 aliphatic carbocycles. The molecule has 2 N–H and O–H groups in total. The number of carbonyl (C=O) groups excluding carboxylic acids is 2. The molecule has 0 bridgehead atoms. The molecule has 2 atom stereocenters. The number of hydrogen-bond donors (Lipinski definition) is 2. The van der Waals surface area contributed by atoms with Gasteiger partial charge < -0.3 is 10.2 Å². The van der Waals surface area contributed by atoms with E-state index in [9.17, 15) is 19.8 Å². The van der Waals surface area contributed by atoms with Crippen LogP contribution in [0.2, 0.25) is 0 Å². The Balaban J connectivity index is 2.63. The van der Waals surface area contributed by atoms with Crippen molar-refractivity contribution in [2.24, 2.45) is 0 Å². The molecule has 1 aromatic carbocycles. The molecule has 16 heavy (non-hydrogen) atoms. The quantitative estimate of drug-likeness (QED) is 0.741. The summed E-state index contributed by atoms with van der Waals surface area (Å²) in [4.78, 5) is 22.3. The number of rotatable bonds is 5. The highest BCUT2D eigenvalue weighted by molar-refractivity contribution is 5.92. The molecule has 0 spiro atoms. The van der Waals surface area contributed by atoms with Crippen molar-refractivity contribution in [3.63, 3.8) is 0 Å². The van der Waals surface area contributed by atoms with Gasteiger partial charge in [0.25, 0.3) is 0 Å². The van der Waals surface area contributed by atoms with E-state index in [1.165, 1.54) is 0 Å². The first kappa shape index (κ1) is 12.5. The number of benzene rings is 1. The lowest BCUT2D eigenvalue weighted by Crippen LogP contribution is -2.39. The van der Waals surface area contributed by atoms with E-state index in [2.05, 4.69) is 0 Å². The highest BCUT2D eigenvalue weighted by Crippen LogP contribution is 2.05. The third kappa shape index (κ3) is 3.25. The maximum absolute atomic E-state index is 11.5. The highest BCUT2D eigenvalue weighted by Gasteiger charge is 2.27. The van der Waals surface area contributed by atoms with Crippen molar-refractivity contribution in [1.29, 1.82) is 0 Å². The summed E-state index contributed by atoms with van der Waals surface area (Å²) < 4.78 is 0. The zero-order valence-electron chi connectivity index (χ0n) is 8.96. The fourth-order valence-electron chi connectivity index (χ4n) is 1.30. The van der Waals surface area contributed by atoms with Crippen LogP contribution in [0.15, 0.2) is 30.3 Å². The fraction of sp³-hybridized carbons (Fsp3) is 0.333. The zero-order valence-corrected chi connectivity index (χ0v) is 8.96. The predicted molar refractivity (Wildman–Crippen MR) is 57.8 cm³/mol. The summed E-state index contributed by atoms with van der Waals surface area (Å²) in [6.07, 6.45) is -3.26. The summed E-state index contributed by atoms with van der Waals surface area (Å²) in [7, 11) is 0. The monoisotopic (exact) mass is 222 g/mol. The van der Waals surface area contributed by atoms with E-state index in [0.29, 0.717) is 0 Å². The lowest BCUT2D eigenvalue weighted by molar-refractivity contribution is -0.141. The smallest absolute Gasteiger partial charge is 0.168 e. The molecule has 4 heteroatoms. The third-order valence-corrected chi connectivity index (χ3v) is 2.27. The van der Waals surface area contributed by atoms with Crippen LogP contribution in [0.25, 0.3) is 0 Å². The van der Waals surface area contributed by atoms with E-state index in [-0.39, 0.29) is 6.42 Å². The Morgan fingerprint density at radius 1 is 1.12 bits per heavy atom. The van der Waals surface area contributed by atoms with Gasteiger partial charge in [-0.25, -0.2) is 0 Å². The molecule has 0 aliphatic rings. The van der Waals surface area contributed by atoms with Gasteiger partial charge in [0.1, 0.15) is 12.2 Å². The molecular formula is C12H14O4. The average Bonchev–Trinajstić information content (AvgIpc) is 2.28. The van der Waals surface area contributed by atoms with Gasteiger partial charge in [0.2, 0.25) is 0 Å². The zero-order chi connectivity index (χ0) is 12.1. The lowest BCUT2D eigenvalue weighted by atomic mass is 10.0. The fourth-order valence-corrected chi connectivity index (χ4v) is 1.30. The standard InChI is InChI=1S/C12H14O4/c1-8(13)11(15)12(16)10(14)7-9-5-3-2-4-6-9/h2-6,11-12,15-16H,7H2,1H3. The molecule has 86 valence electrons. The van der Waals surface area contributed by atoms with Crippen molar-refractivity contribution in [3.8, 4) is 0 Å². The molecule has 4 nitrogen and oxygen atoms in total. The highest BCUT2D eigenvalue weighted by atomic mass is 16.3. The first-order chi connectivity index (χ1) is 7.52. The molecule has 0 aliphatic heterocycles. The van der Waals surface area contributed by atoms with Crippen LogP contribution in [-0.4, -0.2) is 34.0 Å². The number of hydrogen-bond acceptors (Lipinski definition) is 4. The van der Waals surface area contributed by atoms with Gasteiger partial charge in [-0.2, -0.15) is 0 Å². The summed E-state index contributed by atoms with van der Waals surface area (Å²) in [5.74, 6) is -1.18. The Hall–Kier alpha value is -1.52. The summed E-state index contributed by atoms with van der Waals surface area (Å²) >= 11 is 0. The van der Waals surface area contributed by atoms with Crippen molar-refractivity contribution in [1.82, 2.24) is 0 Å². The molecule has 0 aromatic heterocycles. The number of ketones is 2. The second-order valence-electron chi connectivity index (χ2n) is 3.63. The van der Waals surface area contributed by atoms with E-state index >= 15 is 0 Å². The lowest BCUT2D eigenvalue weighted by Gasteiger charge is -2.13. The molecule has 0 saturated carbocycles. The summed E-state index contributed by atoms with van der Waals surface area (Å²) in [6, 6.07) is 8.84. The third-order valence-electron chi connectivity index (χ3n) is 2.27. The summed E-state index contributed by atoms with van der Waals surface area (Å²) in [6.45, 7) is 1.13.